The van der Waals surface area contributed by atoms with Crippen LogP contribution in [-0.4, -0.2) is 76.9 Å². The summed E-state index contributed by atoms with van der Waals surface area (Å²) in [6.45, 7) is 21.5. The molecule has 0 heterocycles. The molecule has 12 heteroatoms. The van der Waals surface area contributed by atoms with Gasteiger partial charge in [-0.3, -0.25) is 0 Å². The predicted octanol–water partition coefficient (Wildman–Crippen LogP) is 6.47. The lowest BCUT2D eigenvalue weighted by Crippen LogP contribution is -2.52. The van der Waals surface area contributed by atoms with Crippen molar-refractivity contribution in [1.29, 1.82) is 0 Å². The van der Waals surface area contributed by atoms with Crippen molar-refractivity contribution in [3.05, 3.63) is 0 Å². The standard InChI is InChI=1S/C28H58N2O7Si3/c1-10-28(21-34-26(31)29-11-2,22-35-27(32)30-19-25-18-23-13-14-24(25)17-23)20-33-15-12-16-40(9,36-38(3,4)5)37-39(6,7)8/h23-25H,10-22H2,1-9H3,(H,29,31)(H,30,32). The Bertz CT molecular complexity index is 790. The largest absolute Gasteiger partial charge is 0.449 e. The number of hydrogen-bond donors (Lipinski definition) is 2. The minimum Gasteiger partial charge on any atom is -0.449 e. The Hall–Kier alpha value is -0.929. The van der Waals surface area contributed by atoms with Crippen LogP contribution in [0.4, 0.5) is 9.59 Å². The van der Waals surface area contributed by atoms with Gasteiger partial charge in [0.2, 0.25) is 0 Å². The van der Waals surface area contributed by atoms with Crippen LogP contribution in [0.3, 0.4) is 0 Å². The molecule has 0 radical (unpaired) electrons. The lowest BCUT2D eigenvalue weighted by atomic mass is 9.88. The number of fused-ring (bicyclic) bond motifs is 2. The Balaban J connectivity index is 1.90. The van der Waals surface area contributed by atoms with E-state index in [2.05, 4.69) is 56.5 Å². The highest BCUT2D eigenvalue weighted by Gasteiger charge is 2.41. The molecule has 0 aromatic rings. The van der Waals surface area contributed by atoms with Crippen molar-refractivity contribution in [2.75, 3.05) is 39.5 Å². The highest BCUT2D eigenvalue weighted by molar-refractivity contribution is 6.87. The van der Waals surface area contributed by atoms with E-state index < -0.39 is 42.8 Å². The molecule has 4 unspecified atom stereocenters. The lowest BCUT2D eigenvalue weighted by molar-refractivity contribution is -0.0384. The molecular formula is C28H58N2O7Si3. The summed E-state index contributed by atoms with van der Waals surface area (Å²) >= 11 is 0. The van der Waals surface area contributed by atoms with Gasteiger partial charge in [0, 0.05) is 19.7 Å². The third-order valence-electron chi connectivity index (χ3n) is 7.86. The van der Waals surface area contributed by atoms with E-state index in [1.54, 1.807) is 0 Å². The molecule has 0 saturated heterocycles. The van der Waals surface area contributed by atoms with Gasteiger partial charge in [-0.15, -0.1) is 0 Å². The second-order valence-electron chi connectivity index (χ2n) is 14.1. The van der Waals surface area contributed by atoms with Crippen LogP contribution in [0.1, 0.15) is 52.4 Å². The summed E-state index contributed by atoms with van der Waals surface area (Å²) in [4.78, 5) is 24.7. The summed E-state index contributed by atoms with van der Waals surface area (Å²) in [6, 6.07) is 0.859. The second-order valence-corrected chi connectivity index (χ2v) is 26.9. The van der Waals surface area contributed by atoms with E-state index in [4.69, 9.17) is 22.4 Å². The predicted molar refractivity (Wildman–Crippen MR) is 167 cm³/mol. The molecule has 2 aliphatic carbocycles. The zero-order chi connectivity index (χ0) is 30.0. The number of ether oxygens (including phenoxy) is 3. The van der Waals surface area contributed by atoms with Crippen LogP contribution >= 0.6 is 0 Å². The third kappa shape index (κ3) is 12.9. The number of nitrogens with one attached hydrogen (secondary N) is 2. The SMILES string of the molecule is CCNC(=O)OCC(CC)(COCCC[Si](C)(O[Si](C)(C)C)O[Si](C)(C)C)COC(=O)NCC1CC2CCC1C2. The number of carbonyl (C=O) groups excluding carboxylic acids is 2. The first kappa shape index (κ1) is 35.3. The minimum atomic E-state index is -2.33. The van der Waals surface area contributed by atoms with Crippen LogP contribution in [0.25, 0.3) is 0 Å². The van der Waals surface area contributed by atoms with Crippen LogP contribution < -0.4 is 10.6 Å². The molecule has 0 aromatic heterocycles. The van der Waals surface area contributed by atoms with Gasteiger partial charge in [0.1, 0.15) is 13.2 Å². The van der Waals surface area contributed by atoms with Gasteiger partial charge in [0.05, 0.1) is 12.0 Å². The molecule has 2 saturated carbocycles. The van der Waals surface area contributed by atoms with Crippen molar-refractivity contribution in [2.45, 2.75) is 104 Å². The van der Waals surface area contributed by atoms with Gasteiger partial charge in [0.25, 0.3) is 0 Å². The van der Waals surface area contributed by atoms with E-state index in [0.29, 0.717) is 38.6 Å². The monoisotopic (exact) mass is 618 g/mol. The van der Waals surface area contributed by atoms with Gasteiger partial charge in [-0.05, 0) is 109 Å². The van der Waals surface area contributed by atoms with Crippen molar-refractivity contribution in [3.63, 3.8) is 0 Å². The Kier molecular flexibility index (Phi) is 13.7. The quantitative estimate of drug-likeness (QED) is 0.134. The molecule has 2 fully saturated rings. The molecule has 0 spiro atoms. The first-order valence-electron chi connectivity index (χ1n) is 15.4. The van der Waals surface area contributed by atoms with Crippen molar-refractivity contribution >= 4 is 37.4 Å². The molecule has 40 heavy (non-hydrogen) atoms. The fourth-order valence-electron chi connectivity index (χ4n) is 6.16. The van der Waals surface area contributed by atoms with Gasteiger partial charge >= 0.3 is 20.7 Å². The normalized spacial score (nSPS) is 22.6. The molecule has 2 N–H and O–H groups in total. The van der Waals surface area contributed by atoms with Gasteiger partial charge in [-0.2, -0.15) is 0 Å². The Morgan fingerprint density at radius 1 is 0.825 bits per heavy atom. The Labute approximate surface area is 246 Å². The molecule has 234 valence electrons. The van der Waals surface area contributed by atoms with Crippen LogP contribution in [0.15, 0.2) is 0 Å². The molecule has 9 nitrogen and oxygen atoms in total. The summed E-state index contributed by atoms with van der Waals surface area (Å²) in [5.41, 5.74) is -0.626. The maximum absolute atomic E-state index is 12.6. The fraction of sp³-hybridized carbons (Fsp3) is 0.929. The number of amides is 2. The second kappa shape index (κ2) is 15.5. The Morgan fingerprint density at radius 3 is 1.90 bits per heavy atom. The zero-order valence-corrected chi connectivity index (χ0v) is 29.8. The topological polar surface area (TPSA) is 104 Å². The van der Waals surface area contributed by atoms with Crippen molar-refractivity contribution in [1.82, 2.24) is 10.6 Å². The van der Waals surface area contributed by atoms with Crippen molar-refractivity contribution in [2.24, 2.45) is 23.2 Å². The highest BCUT2D eigenvalue weighted by atomic mass is 28.5. The number of carbonyl (C=O) groups is 2. The van der Waals surface area contributed by atoms with Gasteiger partial charge in [0.15, 0.2) is 16.6 Å². The number of rotatable bonds is 18. The maximum Gasteiger partial charge on any atom is 0.407 e. The van der Waals surface area contributed by atoms with Crippen LogP contribution in [0.2, 0.25) is 51.9 Å². The maximum atomic E-state index is 12.6. The smallest absolute Gasteiger partial charge is 0.407 e. The summed E-state index contributed by atoms with van der Waals surface area (Å²) in [6.07, 6.45) is 5.72. The van der Waals surface area contributed by atoms with E-state index in [0.717, 1.165) is 24.3 Å². The summed E-state index contributed by atoms with van der Waals surface area (Å²) in [5.74, 6) is 2.15. The molecule has 2 rings (SSSR count). The first-order chi connectivity index (χ1) is 18.6. The molecule has 0 aromatic carbocycles. The summed E-state index contributed by atoms with van der Waals surface area (Å²) in [5, 5.41) is 5.65. The van der Waals surface area contributed by atoms with Crippen molar-refractivity contribution in [3.8, 4) is 0 Å². The average Bonchev–Trinajstić information content (AvgIpc) is 3.45. The molecule has 2 aliphatic rings. The molecule has 4 atom stereocenters. The fourth-order valence-corrected chi connectivity index (χ4v) is 18.7. The van der Waals surface area contributed by atoms with E-state index in [-0.39, 0.29) is 13.2 Å². The van der Waals surface area contributed by atoms with E-state index in [1.807, 2.05) is 13.8 Å². The van der Waals surface area contributed by atoms with Crippen molar-refractivity contribution < 1.29 is 32.0 Å². The van der Waals surface area contributed by atoms with Crippen LogP contribution in [-0.2, 0) is 22.4 Å². The zero-order valence-electron chi connectivity index (χ0n) is 26.8. The first-order valence-corrected chi connectivity index (χ1v) is 24.7. The summed E-state index contributed by atoms with van der Waals surface area (Å²) < 4.78 is 30.6. The Morgan fingerprint density at radius 2 is 1.43 bits per heavy atom. The van der Waals surface area contributed by atoms with E-state index in [9.17, 15) is 9.59 Å². The molecule has 0 aliphatic heterocycles. The lowest BCUT2D eigenvalue weighted by Gasteiger charge is -2.38. The van der Waals surface area contributed by atoms with Gasteiger partial charge in [-0.25, -0.2) is 9.59 Å². The van der Waals surface area contributed by atoms with E-state index in [1.165, 1.54) is 25.7 Å². The molecular weight excluding hydrogens is 561 g/mol. The number of hydrogen-bond acceptors (Lipinski definition) is 7. The van der Waals surface area contributed by atoms with Crippen LogP contribution in [0, 0.1) is 23.2 Å². The minimum absolute atomic E-state index is 0.110. The van der Waals surface area contributed by atoms with Gasteiger partial charge in [-0.1, -0.05) is 13.3 Å². The molecule has 2 bridgehead atoms. The van der Waals surface area contributed by atoms with Crippen LogP contribution in [0.5, 0.6) is 0 Å². The highest BCUT2D eigenvalue weighted by Crippen LogP contribution is 2.47. The molecule has 2 amide bonds. The summed E-state index contributed by atoms with van der Waals surface area (Å²) in [7, 11) is -5.85. The number of alkyl carbamates (subject to hydrolysis) is 2. The van der Waals surface area contributed by atoms with Gasteiger partial charge < -0.3 is 33.1 Å². The average molecular weight is 619 g/mol. The third-order valence-corrected chi connectivity index (χ3v) is 17.5. The van der Waals surface area contributed by atoms with E-state index >= 15 is 0 Å².